The molecule has 3 nitrogen and oxygen atoms in total. The average Bonchev–Trinajstić information content (AvgIpc) is 2.68. The smallest absolute Gasteiger partial charge is 0.252 e. The summed E-state index contributed by atoms with van der Waals surface area (Å²) < 4.78 is 0. The number of nitrogens with one attached hydrogen (secondary N) is 1. The molecule has 27 heavy (non-hydrogen) atoms. The van der Waals surface area contributed by atoms with Crippen LogP contribution in [0.4, 0.5) is 0 Å². The highest BCUT2D eigenvalue weighted by Crippen LogP contribution is 2.34. The van der Waals surface area contributed by atoms with E-state index in [1.54, 1.807) is 33.9 Å². The van der Waals surface area contributed by atoms with Crippen molar-refractivity contribution in [3.05, 3.63) is 71.4 Å². The van der Waals surface area contributed by atoms with E-state index >= 15 is 0 Å². The van der Waals surface area contributed by atoms with Crippen molar-refractivity contribution in [1.29, 1.82) is 0 Å². The molecule has 1 aromatic heterocycles. The van der Waals surface area contributed by atoms with Crippen molar-refractivity contribution in [2.24, 2.45) is 0 Å². The number of hydrogen-bond donors (Lipinski definition) is 1. The van der Waals surface area contributed by atoms with Gasteiger partial charge in [0.25, 0.3) is 5.91 Å². The summed E-state index contributed by atoms with van der Waals surface area (Å²) in [6, 6.07) is 16.4. The molecule has 0 atom stereocenters. The van der Waals surface area contributed by atoms with Crippen LogP contribution in [0.2, 0.25) is 0 Å². The van der Waals surface area contributed by atoms with Crippen LogP contribution in [0.25, 0.3) is 10.9 Å². The number of pyridine rings is 1. The molecular formula is C22H24N2OS2. The summed E-state index contributed by atoms with van der Waals surface area (Å²) in [5.41, 5.74) is 4.14. The van der Waals surface area contributed by atoms with Crippen LogP contribution in [0.15, 0.2) is 59.6 Å². The van der Waals surface area contributed by atoms with Crippen LogP contribution in [0, 0.1) is 0 Å². The Labute approximate surface area is 168 Å². The molecule has 0 saturated heterocycles. The number of carbonyl (C=O) groups is 1. The average molecular weight is 397 g/mol. The van der Waals surface area contributed by atoms with Gasteiger partial charge in [-0.15, -0.1) is 0 Å². The van der Waals surface area contributed by atoms with Crippen molar-refractivity contribution < 1.29 is 4.79 Å². The van der Waals surface area contributed by atoms with Crippen molar-refractivity contribution in [2.45, 2.75) is 31.1 Å². The monoisotopic (exact) mass is 396 g/mol. The molecule has 0 spiro atoms. The van der Waals surface area contributed by atoms with Crippen LogP contribution in [-0.2, 0) is 6.42 Å². The number of aromatic nitrogens is 1. The predicted molar refractivity (Wildman–Crippen MR) is 118 cm³/mol. The highest BCUT2D eigenvalue weighted by molar-refractivity contribution is 8.76. The lowest BCUT2D eigenvalue weighted by molar-refractivity contribution is 0.0955. The van der Waals surface area contributed by atoms with Gasteiger partial charge in [0.05, 0.1) is 11.1 Å². The first kappa shape index (κ1) is 19.8. The minimum Gasteiger partial charge on any atom is -0.352 e. The van der Waals surface area contributed by atoms with Crippen molar-refractivity contribution in [2.75, 3.05) is 12.8 Å². The van der Waals surface area contributed by atoms with Crippen LogP contribution >= 0.6 is 21.6 Å². The van der Waals surface area contributed by atoms with E-state index in [9.17, 15) is 4.79 Å². The molecule has 140 valence electrons. The highest BCUT2D eigenvalue weighted by Gasteiger charge is 2.12. The molecule has 0 fully saturated rings. The maximum absolute atomic E-state index is 12.7. The first-order valence-corrected chi connectivity index (χ1v) is 11.6. The molecule has 0 unspecified atom stereocenters. The molecule has 3 aromatic rings. The fourth-order valence-electron chi connectivity index (χ4n) is 3.03. The Bertz CT molecular complexity index is 940. The maximum Gasteiger partial charge on any atom is 0.252 e. The number of amides is 1. The maximum atomic E-state index is 12.7. The Morgan fingerprint density at radius 1 is 1.15 bits per heavy atom. The van der Waals surface area contributed by atoms with Gasteiger partial charge in [0, 0.05) is 23.0 Å². The zero-order valence-corrected chi connectivity index (χ0v) is 17.5. The molecule has 1 amide bonds. The molecule has 1 N–H and O–H groups in total. The lowest BCUT2D eigenvalue weighted by Crippen LogP contribution is -2.26. The van der Waals surface area contributed by atoms with Crippen LogP contribution in [0.3, 0.4) is 0 Å². The Kier molecular flexibility index (Phi) is 6.80. The molecule has 0 saturated carbocycles. The van der Waals surface area contributed by atoms with E-state index in [2.05, 4.69) is 48.4 Å². The van der Waals surface area contributed by atoms with Crippen LogP contribution < -0.4 is 5.32 Å². The van der Waals surface area contributed by atoms with Gasteiger partial charge in [0.15, 0.2) is 0 Å². The van der Waals surface area contributed by atoms with E-state index in [0.29, 0.717) is 18.0 Å². The molecule has 1 heterocycles. The fraction of sp³-hybridized carbons (Fsp3) is 0.273. The highest BCUT2D eigenvalue weighted by atomic mass is 33.1. The number of para-hydroxylation sites is 1. The molecule has 2 aromatic carbocycles. The third-order valence-electron chi connectivity index (χ3n) is 4.47. The summed E-state index contributed by atoms with van der Waals surface area (Å²) in [5.74, 6) is 0.463. The SMILES string of the molecule is CSSc1cccc2c(C(=O)NCCc3cccc(C(C)C)c3)ccnc12. The van der Waals surface area contributed by atoms with Gasteiger partial charge in [0.1, 0.15) is 0 Å². The minimum atomic E-state index is -0.0475. The largest absolute Gasteiger partial charge is 0.352 e. The van der Waals surface area contributed by atoms with Crippen LogP contribution in [0.1, 0.15) is 41.3 Å². The van der Waals surface area contributed by atoms with Crippen LogP contribution in [0.5, 0.6) is 0 Å². The Morgan fingerprint density at radius 2 is 1.96 bits per heavy atom. The number of carbonyl (C=O) groups excluding carboxylic acids is 1. The number of rotatable bonds is 7. The van der Waals surface area contributed by atoms with Gasteiger partial charge in [-0.25, -0.2) is 0 Å². The summed E-state index contributed by atoms with van der Waals surface area (Å²) in [4.78, 5) is 18.3. The lowest BCUT2D eigenvalue weighted by atomic mass is 10.00. The summed E-state index contributed by atoms with van der Waals surface area (Å²) in [6.45, 7) is 5.00. The fourth-order valence-corrected chi connectivity index (χ4v) is 4.52. The van der Waals surface area contributed by atoms with Crippen molar-refractivity contribution in [1.82, 2.24) is 10.3 Å². The molecule has 3 rings (SSSR count). The lowest BCUT2D eigenvalue weighted by Gasteiger charge is -2.11. The zero-order valence-electron chi connectivity index (χ0n) is 15.9. The summed E-state index contributed by atoms with van der Waals surface area (Å²) in [7, 11) is 3.34. The number of fused-ring (bicyclic) bond motifs is 1. The Hall–Kier alpha value is -1.98. The van der Waals surface area contributed by atoms with Crippen molar-refractivity contribution in [3.8, 4) is 0 Å². The van der Waals surface area contributed by atoms with E-state index in [1.807, 2.05) is 24.5 Å². The second kappa shape index (κ2) is 9.29. The first-order valence-electron chi connectivity index (χ1n) is 9.05. The first-order chi connectivity index (χ1) is 13.1. The molecular weight excluding hydrogens is 372 g/mol. The quantitative estimate of drug-likeness (QED) is 0.520. The second-order valence-corrected chi connectivity index (χ2v) is 9.11. The van der Waals surface area contributed by atoms with E-state index in [0.717, 1.165) is 22.2 Å². The van der Waals surface area contributed by atoms with Gasteiger partial charge < -0.3 is 5.32 Å². The van der Waals surface area contributed by atoms with Crippen molar-refractivity contribution >= 4 is 38.4 Å². The zero-order chi connectivity index (χ0) is 19.2. The Morgan fingerprint density at radius 3 is 2.74 bits per heavy atom. The van der Waals surface area contributed by atoms with Crippen LogP contribution in [-0.4, -0.2) is 23.7 Å². The third kappa shape index (κ3) is 4.85. The standard InChI is InChI=1S/C22H24N2OS2/c1-15(2)17-7-4-6-16(14-17)10-12-24-22(25)19-11-13-23-21-18(19)8-5-9-20(21)27-26-3/h4-9,11,13-15H,10,12H2,1-3H3,(H,24,25). The summed E-state index contributed by atoms with van der Waals surface area (Å²) in [6.07, 6.45) is 4.57. The normalized spacial score (nSPS) is 11.1. The predicted octanol–water partition coefficient (Wildman–Crippen LogP) is 5.70. The van der Waals surface area contributed by atoms with E-state index in [-0.39, 0.29) is 5.91 Å². The molecule has 0 aliphatic rings. The number of benzene rings is 2. The molecule has 5 heteroatoms. The van der Waals surface area contributed by atoms with E-state index in [4.69, 9.17) is 0 Å². The van der Waals surface area contributed by atoms with Gasteiger partial charge >= 0.3 is 0 Å². The number of hydrogen-bond acceptors (Lipinski definition) is 4. The van der Waals surface area contributed by atoms with E-state index in [1.165, 1.54) is 11.1 Å². The van der Waals surface area contributed by atoms with Gasteiger partial charge in [0.2, 0.25) is 0 Å². The summed E-state index contributed by atoms with van der Waals surface area (Å²) >= 11 is 0. The topological polar surface area (TPSA) is 42.0 Å². The molecule has 0 aliphatic carbocycles. The molecule has 0 aliphatic heterocycles. The summed E-state index contributed by atoms with van der Waals surface area (Å²) in [5, 5.41) is 3.96. The van der Waals surface area contributed by atoms with E-state index < -0.39 is 0 Å². The molecule has 0 radical (unpaired) electrons. The molecule has 0 bridgehead atoms. The van der Waals surface area contributed by atoms with Gasteiger partial charge in [-0.05, 0) is 41.9 Å². The minimum absolute atomic E-state index is 0.0475. The third-order valence-corrected chi connectivity index (χ3v) is 6.18. The van der Waals surface area contributed by atoms with Gasteiger partial charge in [-0.2, -0.15) is 0 Å². The van der Waals surface area contributed by atoms with Gasteiger partial charge in [-0.1, -0.05) is 71.8 Å². The Balaban J connectivity index is 1.71. The van der Waals surface area contributed by atoms with Gasteiger partial charge in [-0.3, -0.25) is 9.78 Å². The number of nitrogens with zero attached hydrogens (tertiary/aromatic N) is 1. The second-order valence-electron chi connectivity index (χ2n) is 6.67. The van der Waals surface area contributed by atoms with Crippen molar-refractivity contribution in [3.63, 3.8) is 0 Å².